The zero-order chi connectivity index (χ0) is 8.20. The van der Waals surface area contributed by atoms with Gasteiger partial charge in [-0.25, -0.2) is 5.48 Å². The van der Waals surface area contributed by atoms with E-state index in [0.29, 0.717) is 0 Å². The molecule has 1 amide bonds. The topological polar surface area (TPSA) is 64.3 Å². The van der Waals surface area contributed by atoms with Gasteiger partial charge in [0.1, 0.15) is 0 Å². The van der Waals surface area contributed by atoms with Gasteiger partial charge in [0.05, 0.1) is 7.11 Å². The lowest BCUT2D eigenvalue weighted by molar-refractivity contribution is -0.132. The van der Waals surface area contributed by atoms with Crippen LogP contribution in [0, 0.1) is 0 Å². The van der Waals surface area contributed by atoms with Crippen molar-refractivity contribution in [2.24, 2.45) is 5.73 Å². The summed E-state index contributed by atoms with van der Waals surface area (Å²) in [5, 5.41) is 0. The number of amides is 1. The molecule has 0 rings (SSSR count). The highest BCUT2D eigenvalue weighted by molar-refractivity contribution is 5.75. The number of hydrogen-bond donors (Lipinski definition) is 2. The van der Waals surface area contributed by atoms with Crippen molar-refractivity contribution in [3.63, 3.8) is 0 Å². The minimum atomic E-state index is -0.470. The van der Waals surface area contributed by atoms with E-state index < -0.39 is 5.54 Å². The maximum Gasteiger partial charge on any atom is 0.245 e. The van der Waals surface area contributed by atoms with E-state index in [0.717, 1.165) is 0 Å². The van der Waals surface area contributed by atoms with Gasteiger partial charge in [0, 0.05) is 12.0 Å². The Morgan fingerprint density at radius 3 is 2.50 bits per heavy atom. The molecule has 0 saturated carbocycles. The zero-order valence-corrected chi connectivity index (χ0v) is 6.60. The lowest BCUT2D eigenvalue weighted by Gasteiger charge is -2.16. The molecule has 0 bridgehead atoms. The average molecular weight is 146 g/mol. The molecule has 0 aromatic heterocycles. The molecule has 0 spiro atoms. The quantitative estimate of drug-likeness (QED) is 0.541. The number of hydroxylamine groups is 1. The van der Waals surface area contributed by atoms with Crippen LogP contribution in [-0.4, -0.2) is 18.6 Å². The Hall–Kier alpha value is -0.610. The minimum Gasteiger partial charge on any atom is -0.325 e. The van der Waals surface area contributed by atoms with Crippen molar-refractivity contribution in [1.82, 2.24) is 5.48 Å². The van der Waals surface area contributed by atoms with Crippen LogP contribution < -0.4 is 11.2 Å². The summed E-state index contributed by atoms with van der Waals surface area (Å²) < 4.78 is 0. The number of rotatable bonds is 3. The van der Waals surface area contributed by atoms with Gasteiger partial charge in [0.15, 0.2) is 0 Å². The molecule has 0 radical (unpaired) electrons. The van der Waals surface area contributed by atoms with Crippen molar-refractivity contribution < 1.29 is 9.63 Å². The summed E-state index contributed by atoms with van der Waals surface area (Å²) in [7, 11) is 1.39. The molecule has 0 aliphatic heterocycles. The summed E-state index contributed by atoms with van der Waals surface area (Å²) in [5.74, 6) is -0.199. The van der Waals surface area contributed by atoms with E-state index in [4.69, 9.17) is 5.73 Å². The largest absolute Gasteiger partial charge is 0.325 e. The van der Waals surface area contributed by atoms with E-state index in [1.165, 1.54) is 7.11 Å². The Labute approximate surface area is 60.7 Å². The van der Waals surface area contributed by atoms with Crippen LogP contribution in [0.1, 0.15) is 20.3 Å². The highest BCUT2D eigenvalue weighted by atomic mass is 16.6. The lowest BCUT2D eigenvalue weighted by atomic mass is 10.0. The van der Waals surface area contributed by atoms with Gasteiger partial charge in [-0.15, -0.1) is 0 Å². The van der Waals surface area contributed by atoms with Crippen molar-refractivity contribution in [2.75, 3.05) is 7.11 Å². The molecule has 0 atom stereocenters. The molecule has 10 heavy (non-hydrogen) atoms. The van der Waals surface area contributed by atoms with Crippen molar-refractivity contribution in [2.45, 2.75) is 25.8 Å². The maximum atomic E-state index is 10.7. The predicted molar refractivity (Wildman–Crippen MR) is 38.0 cm³/mol. The Kier molecular flexibility index (Phi) is 3.32. The Morgan fingerprint density at radius 2 is 2.20 bits per heavy atom. The molecule has 4 heteroatoms. The average Bonchev–Trinajstić information content (AvgIpc) is 1.59. The number of hydrogen-bond acceptors (Lipinski definition) is 3. The van der Waals surface area contributed by atoms with Crippen LogP contribution in [0.3, 0.4) is 0 Å². The third kappa shape index (κ3) is 5.53. The van der Waals surface area contributed by atoms with Crippen LogP contribution in [0.15, 0.2) is 0 Å². The predicted octanol–water partition coefficient (Wildman–Crippen LogP) is -0.209. The van der Waals surface area contributed by atoms with Gasteiger partial charge in [-0.05, 0) is 13.8 Å². The van der Waals surface area contributed by atoms with Crippen molar-refractivity contribution in [1.29, 1.82) is 0 Å². The first-order chi connectivity index (χ1) is 4.45. The van der Waals surface area contributed by atoms with Gasteiger partial charge in [0.2, 0.25) is 5.91 Å². The molecule has 0 aliphatic rings. The van der Waals surface area contributed by atoms with Crippen LogP contribution in [0.5, 0.6) is 0 Å². The summed E-state index contributed by atoms with van der Waals surface area (Å²) in [4.78, 5) is 15.1. The summed E-state index contributed by atoms with van der Waals surface area (Å²) >= 11 is 0. The first-order valence-electron chi connectivity index (χ1n) is 3.06. The second-order valence-electron chi connectivity index (χ2n) is 2.89. The molecule has 0 fully saturated rings. The first kappa shape index (κ1) is 9.39. The summed E-state index contributed by atoms with van der Waals surface area (Å²) in [6, 6.07) is 0. The van der Waals surface area contributed by atoms with Gasteiger partial charge >= 0.3 is 0 Å². The third-order valence-corrected chi connectivity index (χ3v) is 0.832. The third-order valence-electron chi connectivity index (χ3n) is 0.832. The highest BCUT2D eigenvalue weighted by Crippen LogP contribution is 2.01. The molecular formula is C6H14N2O2. The summed E-state index contributed by atoms with van der Waals surface area (Å²) in [6.07, 6.45) is 0.265. The van der Waals surface area contributed by atoms with Gasteiger partial charge in [0.25, 0.3) is 0 Å². The molecule has 0 heterocycles. The van der Waals surface area contributed by atoms with Crippen molar-refractivity contribution >= 4 is 5.91 Å². The van der Waals surface area contributed by atoms with E-state index in [2.05, 4.69) is 10.3 Å². The Morgan fingerprint density at radius 1 is 1.70 bits per heavy atom. The fourth-order valence-electron chi connectivity index (χ4n) is 0.564. The van der Waals surface area contributed by atoms with Crippen LogP contribution in [0.4, 0.5) is 0 Å². The smallest absolute Gasteiger partial charge is 0.245 e. The monoisotopic (exact) mass is 146 g/mol. The van der Waals surface area contributed by atoms with E-state index in [9.17, 15) is 4.79 Å². The fraction of sp³-hybridized carbons (Fsp3) is 0.833. The van der Waals surface area contributed by atoms with Crippen molar-refractivity contribution in [3.05, 3.63) is 0 Å². The molecule has 0 unspecified atom stereocenters. The molecule has 4 nitrogen and oxygen atoms in total. The zero-order valence-electron chi connectivity index (χ0n) is 6.60. The van der Waals surface area contributed by atoms with Crippen LogP contribution >= 0.6 is 0 Å². The SMILES string of the molecule is CONC(=O)CC(C)(C)N. The summed E-state index contributed by atoms with van der Waals surface area (Å²) in [5.41, 5.74) is 7.26. The number of carbonyl (C=O) groups is 1. The van der Waals surface area contributed by atoms with E-state index in [-0.39, 0.29) is 12.3 Å². The van der Waals surface area contributed by atoms with Gasteiger partial charge in [-0.2, -0.15) is 0 Å². The number of nitrogens with two attached hydrogens (primary N) is 1. The van der Waals surface area contributed by atoms with Crippen LogP contribution in [-0.2, 0) is 9.63 Å². The highest BCUT2D eigenvalue weighted by Gasteiger charge is 2.15. The van der Waals surface area contributed by atoms with Gasteiger partial charge in [-0.1, -0.05) is 0 Å². The lowest BCUT2D eigenvalue weighted by Crippen LogP contribution is -2.38. The normalized spacial score (nSPS) is 11.2. The second-order valence-corrected chi connectivity index (χ2v) is 2.89. The molecular weight excluding hydrogens is 132 g/mol. The molecule has 0 aliphatic carbocycles. The van der Waals surface area contributed by atoms with E-state index >= 15 is 0 Å². The molecule has 60 valence electrons. The van der Waals surface area contributed by atoms with Gasteiger partial charge < -0.3 is 5.73 Å². The molecule has 0 saturated heterocycles. The van der Waals surface area contributed by atoms with Crippen LogP contribution in [0.2, 0.25) is 0 Å². The molecule has 0 aromatic rings. The standard InChI is InChI=1S/C6H14N2O2/c1-6(2,7)4-5(9)8-10-3/h4,7H2,1-3H3,(H,8,9). The molecule has 0 aromatic carbocycles. The molecule has 3 N–H and O–H groups in total. The Bertz CT molecular complexity index is 117. The first-order valence-corrected chi connectivity index (χ1v) is 3.06. The van der Waals surface area contributed by atoms with Gasteiger partial charge in [-0.3, -0.25) is 9.63 Å². The fourth-order valence-corrected chi connectivity index (χ4v) is 0.564. The minimum absolute atomic E-state index is 0.199. The Balaban J connectivity index is 3.58. The number of nitrogens with one attached hydrogen (secondary N) is 1. The van der Waals surface area contributed by atoms with Crippen molar-refractivity contribution in [3.8, 4) is 0 Å². The van der Waals surface area contributed by atoms with E-state index in [1.54, 1.807) is 13.8 Å². The van der Waals surface area contributed by atoms with E-state index in [1.807, 2.05) is 0 Å². The maximum absolute atomic E-state index is 10.7. The van der Waals surface area contributed by atoms with Crippen LogP contribution in [0.25, 0.3) is 0 Å². The second kappa shape index (κ2) is 3.53. The number of carbonyl (C=O) groups excluding carboxylic acids is 1. The summed E-state index contributed by atoms with van der Waals surface area (Å²) in [6.45, 7) is 3.56.